The third-order valence-electron chi connectivity index (χ3n) is 3.73. The maximum atomic E-state index is 6.33. The molecule has 1 fully saturated rings. The quantitative estimate of drug-likeness (QED) is 0.813. The predicted molar refractivity (Wildman–Crippen MR) is 59.5 cm³/mol. The number of oxazole rings is 1. The van der Waals surface area contributed by atoms with E-state index in [2.05, 4.69) is 11.9 Å². The fraction of sp³-hybridized carbons (Fsp3) is 0.750. The molecular weight excluding hydrogens is 188 g/mol. The fourth-order valence-electron chi connectivity index (χ4n) is 2.66. The Morgan fingerprint density at radius 3 is 2.40 bits per heavy atom. The molecule has 0 radical (unpaired) electrons. The Labute approximate surface area is 91.1 Å². The molecule has 0 spiro atoms. The van der Waals surface area contributed by atoms with E-state index < -0.39 is 0 Å². The van der Waals surface area contributed by atoms with Crippen molar-refractivity contribution in [2.45, 2.75) is 52.5 Å². The molecule has 1 aromatic heterocycles. The van der Waals surface area contributed by atoms with Gasteiger partial charge in [0.15, 0.2) is 5.89 Å². The van der Waals surface area contributed by atoms with E-state index in [4.69, 9.17) is 10.2 Å². The molecule has 2 N–H and O–H groups in total. The minimum Gasteiger partial charge on any atom is -0.446 e. The van der Waals surface area contributed by atoms with Crippen molar-refractivity contribution in [3.05, 3.63) is 17.3 Å². The lowest BCUT2D eigenvalue weighted by Gasteiger charge is -2.29. The number of hydrogen-bond donors (Lipinski definition) is 1. The van der Waals surface area contributed by atoms with Crippen molar-refractivity contribution in [2.24, 2.45) is 11.1 Å². The number of nitrogens with zero attached hydrogens (tertiary/aromatic N) is 1. The van der Waals surface area contributed by atoms with E-state index in [1.165, 1.54) is 25.7 Å². The van der Waals surface area contributed by atoms with E-state index in [1.54, 1.807) is 0 Å². The number of aromatic nitrogens is 1. The molecule has 1 saturated carbocycles. The smallest absolute Gasteiger partial charge is 0.191 e. The summed E-state index contributed by atoms with van der Waals surface area (Å²) in [5.74, 6) is 1.60. The van der Waals surface area contributed by atoms with Crippen molar-refractivity contribution >= 4 is 0 Å². The van der Waals surface area contributed by atoms with Gasteiger partial charge in [-0.2, -0.15) is 0 Å². The zero-order chi connectivity index (χ0) is 11.1. The minimum absolute atomic E-state index is 0.0254. The first-order chi connectivity index (χ1) is 7.03. The van der Waals surface area contributed by atoms with Gasteiger partial charge in [0, 0.05) is 6.92 Å². The summed E-state index contributed by atoms with van der Waals surface area (Å²) >= 11 is 0. The summed E-state index contributed by atoms with van der Waals surface area (Å²) < 4.78 is 5.45. The average molecular weight is 208 g/mol. The van der Waals surface area contributed by atoms with Crippen LogP contribution in [0.2, 0.25) is 0 Å². The number of rotatable bonds is 2. The van der Waals surface area contributed by atoms with Gasteiger partial charge >= 0.3 is 0 Å². The molecule has 1 aliphatic rings. The summed E-state index contributed by atoms with van der Waals surface area (Å²) in [4.78, 5) is 4.41. The highest BCUT2D eigenvalue weighted by atomic mass is 16.4. The summed E-state index contributed by atoms with van der Waals surface area (Å²) in [6, 6.07) is 0.0254. The van der Waals surface area contributed by atoms with Crippen LogP contribution in [-0.2, 0) is 0 Å². The third-order valence-corrected chi connectivity index (χ3v) is 3.73. The normalized spacial score (nSPS) is 21.9. The van der Waals surface area contributed by atoms with Crippen LogP contribution in [0.3, 0.4) is 0 Å². The third kappa shape index (κ3) is 1.81. The molecule has 1 atom stereocenters. The largest absolute Gasteiger partial charge is 0.446 e. The van der Waals surface area contributed by atoms with E-state index in [0.717, 1.165) is 17.3 Å². The van der Waals surface area contributed by atoms with Crippen molar-refractivity contribution < 1.29 is 4.42 Å². The molecule has 1 aromatic rings. The molecule has 0 saturated heterocycles. The van der Waals surface area contributed by atoms with Gasteiger partial charge in [0.25, 0.3) is 0 Å². The van der Waals surface area contributed by atoms with Gasteiger partial charge in [-0.05, 0) is 25.2 Å². The molecule has 2 rings (SSSR count). The standard InChI is InChI=1S/C12H20N2O/c1-8-10(14-9(2)15-8)11(13)12(3)6-4-5-7-12/h11H,4-7,13H2,1-3H3. The Morgan fingerprint density at radius 2 is 1.93 bits per heavy atom. The lowest BCUT2D eigenvalue weighted by Crippen LogP contribution is -2.30. The molecule has 84 valence electrons. The Bertz CT molecular complexity index is 351. The fourth-order valence-corrected chi connectivity index (χ4v) is 2.66. The van der Waals surface area contributed by atoms with Crippen molar-refractivity contribution in [2.75, 3.05) is 0 Å². The molecule has 0 aliphatic heterocycles. The van der Waals surface area contributed by atoms with E-state index in [9.17, 15) is 0 Å². The second-order valence-electron chi connectivity index (χ2n) is 5.01. The molecule has 15 heavy (non-hydrogen) atoms. The van der Waals surface area contributed by atoms with Crippen molar-refractivity contribution in [3.63, 3.8) is 0 Å². The van der Waals surface area contributed by atoms with Gasteiger partial charge in [0.1, 0.15) is 5.76 Å². The highest BCUT2D eigenvalue weighted by molar-refractivity contribution is 5.16. The topological polar surface area (TPSA) is 52.0 Å². The Morgan fingerprint density at radius 1 is 1.33 bits per heavy atom. The van der Waals surface area contributed by atoms with Gasteiger partial charge in [0.2, 0.25) is 0 Å². The monoisotopic (exact) mass is 208 g/mol. The summed E-state index contributed by atoms with van der Waals surface area (Å²) in [5.41, 5.74) is 7.50. The van der Waals surface area contributed by atoms with Crippen LogP contribution >= 0.6 is 0 Å². The summed E-state index contributed by atoms with van der Waals surface area (Å²) in [7, 11) is 0. The van der Waals surface area contributed by atoms with Crippen molar-refractivity contribution in [3.8, 4) is 0 Å². The Balaban J connectivity index is 2.27. The highest BCUT2D eigenvalue weighted by Crippen LogP contribution is 2.46. The van der Waals surface area contributed by atoms with Crippen LogP contribution in [-0.4, -0.2) is 4.98 Å². The first-order valence-corrected chi connectivity index (χ1v) is 5.72. The molecule has 0 bridgehead atoms. The van der Waals surface area contributed by atoms with Crippen LogP contribution in [0.5, 0.6) is 0 Å². The first kappa shape index (κ1) is 10.7. The first-order valence-electron chi connectivity index (χ1n) is 5.72. The second-order valence-corrected chi connectivity index (χ2v) is 5.01. The van der Waals surface area contributed by atoms with E-state index in [0.29, 0.717) is 0 Å². The number of aryl methyl sites for hydroxylation is 2. The maximum absolute atomic E-state index is 6.33. The van der Waals surface area contributed by atoms with Crippen LogP contribution in [0.4, 0.5) is 0 Å². The molecule has 3 heteroatoms. The minimum atomic E-state index is 0.0254. The van der Waals surface area contributed by atoms with Crippen LogP contribution in [0.15, 0.2) is 4.42 Å². The number of hydrogen-bond acceptors (Lipinski definition) is 3. The van der Waals surface area contributed by atoms with Crippen LogP contribution in [0.1, 0.15) is 56.0 Å². The van der Waals surface area contributed by atoms with E-state index in [-0.39, 0.29) is 11.5 Å². The lowest BCUT2D eigenvalue weighted by molar-refractivity contribution is 0.260. The van der Waals surface area contributed by atoms with Gasteiger partial charge in [-0.1, -0.05) is 19.8 Å². The van der Waals surface area contributed by atoms with Gasteiger partial charge in [-0.25, -0.2) is 4.98 Å². The highest BCUT2D eigenvalue weighted by Gasteiger charge is 2.37. The van der Waals surface area contributed by atoms with Gasteiger partial charge in [-0.15, -0.1) is 0 Å². The van der Waals surface area contributed by atoms with E-state index >= 15 is 0 Å². The Hall–Kier alpha value is -0.830. The zero-order valence-electron chi connectivity index (χ0n) is 9.84. The zero-order valence-corrected chi connectivity index (χ0v) is 9.84. The summed E-state index contributed by atoms with van der Waals surface area (Å²) in [5, 5.41) is 0. The summed E-state index contributed by atoms with van der Waals surface area (Å²) in [6.45, 7) is 6.10. The second kappa shape index (κ2) is 3.63. The Kier molecular flexibility index (Phi) is 2.59. The van der Waals surface area contributed by atoms with Crippen LogP contribution < -0.4 is 5.73 Å². The van der Waals surface area contributed by atoms with Crippen molar-refractivity contribution in [1.29, 1.82) is 0 Å². The molecule has 3 nitrogen and oxygen atoms in total. The van der Waals surface area contributed by atoms with Crippen LogP contribution in [0, 0.1) is 19.3 Å². The molecule has 0 aromatic carbocycles. The maximum Gasteiger partial charge on any atom is 0.191 e. The van der Waals surface area contributed by atoms with E-state index in [1.807, 2.05) is 13.8 Å². The lowest BCUT2D eigenvalue weighted by atomic mass is 9.79. The SMILES string of the molecule is Cc1nc(C(N)C2(C)CCCC2)c(C)o1. The van der Waals surface area contributed by atoms with Gasteiger partial charge < -0.3 is 10.2 Å². The van der Waals surface area contributed by atoms with Gasteiger partial charge in [-0.3, -0.25) is 0 Å². The molecule has 0 amide bonds. The molecule has 1 heterocycles. The average Bonchev–Trinajstić information content (AvgIpc) is 2.73. The number of nitrogens with two attached hydrogens (primary N) is 1. The predicted octanol–water partition coefficient (Wildman–Crippen LogP) is 2.87. The summed E-state index contributed by atoms with van der Waals surface area (Å²) in [6.07, 6.45) is 5.00. The molecular formula is C12H20N2O. The molecule has 1 unspecified atom stereocenters. The van der Waals surface area contributed by atoms with Crippen LogP contribution in [0.25, 0.3) is 0 Å². The van der Waals surface area contributed by atoms with Crippen molar-refractivity contribution in [1.82, 2.24) is 4.98 Å². The van der Waals surface area contributed by atoms with Gasteiger partial charge in [0.05, 0.1) is 11.7 Å². The molecule has 1 aliphatic carbocycles.